The SMILES string of the molecule is CCCCCCC(CO)Cc1ccccc1Cl. The highest BCUT2D eigenvalue weighted by Crippen LogP contribution is 2.21. The zero-order chi connectivity index (χ0) is 12.5. The first-order valence-electron chi connectivity index (χ1n) is 6.62. The lowest BCUT2D eigenvalue weighted by atomic mass is 9.94. The van der Waals surface area contributed by atoms with Crippen molar-refractivity contribution in [3.63, 3.8) is 0 Å². The van der Waals surface area contributed by atoms with Crippen molar-refractivity contribution in [2.75, 3.05) is 6.61 Å². The lowest BCUT2D eigenvalue weighted by Crippen LogP contribution is -2.10. The van der Waals surface area contributed by atoms with Gasteiger partial charge in [-0.1, -0.05) is 62.4 Å². The van der Waals surface area contributed by atoms with Gasteiger partial charge in [0.1, 0.15) is 0 Å². The largest absolute Gasteiger partial charge is 0.396 e. The first-order chi connectivity index (χ1) is 8.27. The summed E-state index contributed by atoms with van der Waals surface area (Å²) in [5.74, 6) is 0.353. The highest BCUT2D eigenvalue weighted by Gasteiger charge is 2.10. The third kappa shape index (κ3) is 5.56. The minimum atomic E-state index is 0.261. The number of hydrogen-bond donors (Lipinski definition) is 1. The van der Waals surface area contributed by atoms with Gasteiger partial charge < -0.3 is 5.11 Å². The van der Waals surface area contributed by atoms with Gasteiger partial charge in [0.25, 0.3) is 0 Å². The van der Waals surface area contributed by atoms with Crippen LogP contribution in [0.4, 0.5) is 0 Å². The van der Waals surface area contributed by atoms with Crippen LogP contribution in [0, 0.1) is 5.92 Å². The molecular formula is C15H23ClO. The predicted octanol–water partition coefficient (Wildman–Crippen LogP) is 4.46. The zero-order valence-electron chi connectivity index (χ0n) is 10.7. The summed E-state index contributed by atoms with van der Waals surface area (Å²) in [6.07, 6.45) is 7.03. The Balaban J connectivity index is 2.38. The molecule has 96 valence electrons. The highest BCUT2D eigenvalue weighted by molar-refractivity contribution is 6.31. The molecule has 1 aromatic rings. The van der Waals surface area contributed by atoms with Crippen LogP contribution in [0.2, 0.25) is 5.02 Å². The van der Waals surface area contributed by atoms with Crippen molar-refractivity contribution in [2.45, 2.75) is 45.4 Å². The Morgan fingerprint density at radius 2 is 1.94 bits per heavy atom. The smallest absolute Gasteiger partial charge is 0.0462 e. The maximum absolute atomic E-state index is 9.39. The molecule has 1 N–H and O–H groups in total. The number of hydrogen-bond acceptors (Lipinski definition) is 1. The van der Waals surface area contributed by atoms with Crippen molar-refractivity contribution in [3.05, 3.63) is 34.9 Å². The van der Waals surface area contributed by atoms with Crippen LogP contribution >= 0.6 is 11.6 Å². The van der Waals surface area contributed by atoms with Gasteiger partial charge >= 0.3 is 0 Å². The van der Waals surface area contributed by atoms with Gasteiger partial charge in [-0.15, -0.1) is 0 Å². The van der Waals surface area contributed by atoms with Crippen molar-refractivity contribution < 1.29 is 5.11 Å². The third-order valence-electron chi connectivity index (χ3n) is 3.19. The summed E-state index contributed by atoms with van der Waals surface area (Å²) in [4.78, 5) is 0. The fraction of sp³-hybridized carbons (Fsp3) is 0.600. The quantitative estimate of drug-likeness (QED) is 0.679. The van der Waals surface area contributed by atoms with Gasteiger partial charge in [0.15, 0.2) is 0 Å². The molecule has 1 rings (SSSR count). The van der Waals surface area contributed by atoms with Crippen LogP contribution < -0.4 is 0 Å². The number of benzene rings is 1. The molecule has 0 spiro atoms. The number of aliphatic hydroxyl groups is 1. The van der Waals surface area contributed by atoms with E-state index in [1.807, 2.05) is 18.2 Å². The summed E-state index contributed by atoms with van der Waals surface area (Å²) < 4.78 is 0. The number of rotatable bonds is 8. The number of unbranched alkanes of at least 4 members (excludes halogenated alkanes) is 3. The molecule has 1 atom stereocenters. The van der Waals surface area contributed by atoms with Gasteiger partial charge in [-0.3, -0.25) is 0 Å². The molecule has 0 saturated carbocycles. The fourth-order valence-corrected chi connectivity index (χ4v) is 2.31. The van der Waals surface area contributed by atoms with Crippen LogP contribution in [0.3, 0.4) is 0 Å². The van der Waals surface area contributed by atoms with Crippen molar-refractivity contribution >= 4 is 11.6 Å². The van der Waals surface area contributed by atoms with E-state index in [1.54, 1.807) is 0 Å². The molecule has 0 radical (unpaired) electrons. The van der Waals surface area contributed by atoms with E-state index in [1.165, 1.54) is 25.7 Å². The summed E-state index contributed by atoms with van der Waals surface area (Å²) in [6, 6.07) is 7.92. The maximum Gasteiger partial charge on any atom is 0.0462 e. The summed E-state index contributed by atoms with van der Waals surface area (Å²) >= 11 is 6.13. The normalized spacial score (nSPS) is 12.6. The Labute approximate surface area is 110 Å². The predicted molar refractivity (Wildman–Crippen MR) is 74.5 cm³/mol. The van der Waals surface area contributed by atoms with E-state index in [-0.39, 0.29) is 6.61 Å². The summed E-state index contributed by atoms with van der Waals surface area (Å²) in [7, 11) is 0. The number of halogens is 1. The van der Waals surface area contributed by atoms with Crippen LogP contribution in [-0.4, -0.2) is 11.7 Å². The molecule has 0 aliphatic carbocycles. The minimum Gasteiger partial charge on any atom is -0.396 e. The van der Waals surface area contributed by atoms with Gasteiger partial charge in [-0.05, 0) is 30.4 Å². The van der Waals surface area contributed by atoms with Crippen LogP contribution in [0.1, 0.15) is 44.6 Å². The summed E-state index contributed by atoms with van der Waals surface area (Å²) in [6.45, 7) is 2.48. The fourth-order valence-electron chi connectivity index (χ4n) is 2.09. The van der Waals surface area contributed by atoms with E-state index in [0.717, 1.165) is 23.4 Å². The minimum absolute atomic E-state index is 0.261. The van der Waals surface area contributed by atoms with E-state index >= 15 is 0 Å². The topological polar surface area (TPSA) is 20.2 Å². The summed E-state index contributed by atoms with van der Waals surface area (Å²) in [5.41, 5.74) is 1.16. The molecule has 0 saturated heterocycles. The Morgan fingerprint density at radius 1 is 1.18 bits per heavy atom. The second-order valence-electron chi connectivity index (χ2n) is 4.69. The van der Waals surface area contributed by atoms with Crippen molar-refractivity contribution in [1.82, 2.24) is 0 Å². The van der Waals surface area contributed by atoms with Crippen LogP contribution in [0.5, 0.6) is 0 Å². The lowest BCUT2D eigenvalue weighted by Gasteiger charge is -2.14. The highest BCUT2D eigenvalue weighted by atomic mass is 35.5. The van der Waals surface area contributed by atoms with Crippen LogP contribution in [0.15, 0.2) is 24.3 Å². The molecule has 0 heterocycles. The molecule has 0 amide bonds. The van der Waals surface area contributed by atoms with E-state index in [0.29, 0.717) is 5.92 Å². The Kier molecular flexibility index (Phi) is 7.30. The second kappa shape index (κ2) is 8.54. The monoisotopic (exact) mass is 254 g/mol. The molecule has 0 aliphatic rings. The Morgan fingerprint density at radius 3 is 2.59 bits per heavy atom. The average molecular weight is 255 g/mol. The van der Waals surface area contributed by atoms with Crippen LogP contribution in [-0.2, 0) is 6.42 Å². The Hall–Kier alpha value is -0.530. The average Bonchev–Trinajstić information content (AvgIpc) is 2.35. The molecule has 1 unspecified atom stereocenters. The molecule has 1 aromatic carbocycles. The molecule has 2 heteroatoms. The molecule has 17 heavy (non-hydrogen) atoms. The van der Waals surface area contributed by atoms with Gasteiger partial charge in [-0.25, -0.2) is 0 Å². The van der Waals surface area contributed by atoms with Crippen molar-refractivity contribution in [1.29, 1.82) is 0 Å². The van der Waals surface area contributed by atoms with Gasteiger partial charge in [0.05, 0.1) is 0 Å². The zero-order valence-corrected chi connectivity index (χ0v) is 11.4. The van der Waals surface area contributed by atoms with E-state index in [9.17, 15) is 5.11 Å². The van der Waals surface area contributed by atoms with Gasteiger partial charge in [0, 0.05) is 11.6 Å². The van der Waals surface area contributed by atoms with Crippen molar-refractivity contribution in [3.8, 4) is 0 Å². The van der Waals surface area contributed by atoms with E-state index in [2.05, 4.69) is 13.0 Å². The standard InChI is InChI=1S/C15H23ClO/c1-2-3-4-5-8-13(12-17)11-14-9-6-7-10-15(14)16/h6-7,9-10,13,17H,2-5,8,11-12H2,1H3. The first-order valence-corrected chi connectivity index (χ1v) is 7.00. The van der Waals surface area contributed by atoms with Crippen LogP contribution in [0.25, 0.3) is 0 Å². The molecule has 0 aromatic heterocycles. The number of aliphatic hydroxyl groups excluding tert-OH is 1. The molecular weight excluding hydrogens is 232 g/mol. The molecule has 0 fully saturated rings. The third-order valence-corrected chi connectivity index (χ3v) is 3.56. The maximum atomic E-state index is 9.39. The first kappa shape index (κ1) is 14.5. The van der Waals surface area contributed by atoms with Gasteiger partial charge in [0.2, 0.25) is 0 Å². The van der Waals surface area contributed by atoms with Gasteiger partial charge in [-0.2, -0.15) is 0 Å². The molecule has 0 bridgehead atoms. The van der Waals surface area contributed by atoms with Crippen molar-refractivity contribution in [2.24, 2.45) is 5.92 Å². The lowest BCUT2D eigenvalue weighted by molar-refractivity contribution is 0.214. The van der Waals surface area contributed by atoms with E-state index < -0.39 is 0 Å². The Bertz CT molecular complexity index is 312. The molecule has 1 nitrogen and oxygen atoms in total. The second-order valence-corrected chi connectivity index (χ2v) is 5.10. The molecule has 0 aliphatic heterocycles. The summed E-state index contributed by atoms with van der Waals surface area (Å²) in [5, 5.41) is 10.2. The van der Waals surface area contributed by atoms with E-state index in [4.69, 9.17) is 11.6 Å².